The predicted molar refractivity (Wildman–Crippen MR) is 158 cm³/mol. The first kappa shape index (κ1) is 25.5. The van der Waals surface area contributed by atoms with Gasteiger partial charge in [0.1, 0.15) is 28.9 Å². The normalized spacial score (nSPS) is 11.5. The second kappa shape index (κ2) is 11.4. The Hall–Kier alpha value is -3.59. The van der Waals surface area contributed by atoms with Gasteiger partial charge in [-0.3, -0.25) is 0 Å². The van der Waals surface area contributed by atoms with E-state index in [1.807, 2.05) is 0 Å². The molecule has 180 valence electrons. The van der Waals surface area contributed by atoms with Gasteiger partial charge in [-0.05, 0) is 98.5 Å². The third-order valence-corrected chi connectivity index (χ3v) is 11.2. The van der Waals surface area contributed by atoms with Gasteiger partial charge < -0.3 is 4.74 Å². The first-order chi connectivity index (χ1) is 17.5. The van der Waals surface area contributed by atoms with Crippen LogP contribution in [0, 0.1) is 32.6 Å². The van der Waals surface area contributed by atoms with Gasteiger partial charge in [-0.15, -0.1) is 0 Å². The highest BCUT2D eigenvalue weighted by Crippen LogP contribution is 2.55. The number of rotatable bonds is 6. The van der Waals surface area contributed by atoms with Gasteiger partial charge in [0.25, 0.3) is 0 Å². The van der Waals surface area contributed by atoms with Crippen LogP contribution in [0.4, 0.5) is 0 Å². The number of benzene rings is 4. The Bertz CT molecular complexity index is 1310. The van der Waals surface area contributed by atoms with Crippen molar-refractivity contribution in [1.29, 1.82) is 0 Å². The number of ether oxygens (including phenoxy) is 1. The van der Waals surface area contributed by atoms with Crippen LogP contribution in [0.2, 0.25) is 0 Å². The maximum Gasteiger partial charge on any atom is 0.122 e. The van der Waals surface area contributed by atoms with E-state index < -0.39 is 7.26 Å². The monoisotopic (exact) mass is 489 g/mol. The predicted octanol–water partition coefficient (Wildman–Crippen LogP) is 6.91. The van der Waals surface area contributed by atoms with E-state index in [0.29, 0.717) is 0 Å². The van der Waals surface area contributed by atoms with Crippen LogP contribution in [0.15, 0.2) is 109 Å². The molecule has 4 aromatic rings. The fraction of sp³-hybridized carbons (Fsp3) is 0.176. The minimum absolute atomic E-state index is 0.922. The Morgan fingerprint density at radius 2 is 1.22 bits per heavy atom. The summed E-state index contributed by atoms with van der Waals surface area (Å²) in [4.78, 5) is 0. The molecule has 1 nitrogen and oxygen atoms in total. The molecule has 0 heterocycles. The molecule has 4 rings (SSSR count). The summed E-state index contributed by atoms with van der Waals surface area (Å²) in [7, 11) is -0.178. The van der Waals surface area contributed by atoms with E-state index in [2.05, 4.69) is 143 Å². The molecule has 0 atom stereocenters. The summed E-state index contributed by atoms with van der Waals surface area (Å²) in [6.45, 7) is 8.46. The molecule has 0 aliphatic rings. The molecule has 0 fully saturated rings. The average molecular weight is 490 g/mol. The van der Waals surface area contributed by atoms with Crippen molar-refractivity contribution >= 4 is 23.2 Å². The molecular formula is C34H34OP+. The molecule has 0 bridgehead atoms. The molecule has 0 N–H and O–H groups in total. The van der Waals surface area contributed by atoms with Gasteiger partial charge in [0.15, 0.2) is 0 Å². The average Bonchev–Trinajstić information content (AvgIpc) is 2.93. The second-order valence-corrected chi connectivity index (χ2v) is 12.7. The lowest BCUT2D eigenvalue weighted by Crippen LogP contribution is -2.33. The van der Waals surface area contributed by atoms with Crippen LogP contribution in [0.1, 0.15) is 29.2 Å². The van der Waals surface area contributed by atoms with E-state index in [1.54, 1.807) is 7.11 Å². The van der Waals surface area contributed by atoms with E-state index >= 15 is 0 Å². The van der Waals surface area contributed by atoms with Gasteiger partial charge in [0.2, 0.25) is 0 Å². The number of hydrogen-bond acceptors (Lipinski definition) is 1. The van der Waals surface area contributed by atoms with Crippen molar-refractivity contribution in [3.63, 3.8) is 0 Å². The summed E-state index contributed by atoms with van der Waals surface area (Å²) >= 11 is 0. The van der Waals surface area contributed by atoms with Crippen LogP contribution in [-0.4, -0.2) is 13.3 Å². The first-order valence-electron chi connectivity index (χ1n) is 12.4. The third kappa shape index (κ3) is 5.16. The molecule has 0 spiro atoms. The lowest BCUT2D eigenvalue weighted by Gasteiger charge is -2.26. The molecule has 0 saturated carbocycles. The fourth-order valence-electron chi connectivity index (χ4n) is 4.75. The fourth-order valence-corrected chi connectivity index (χ4v) is 8.86. The highest BCUT2D eigenvalue weighted by atomic mass is 31.2. The summed E-state index contributed by atoms with van der Waals surface area (Å²) in [5.41, 5.74) is 5.67. The first-order valence-corrected chi connectivity index (χ1v) is 14.3. The maximum atomic E-state index is 5.53. The van der Waals surface area contributed by atoms with Crippen molar-refractivity contribution in [3.05, 3.63) is 131 Å². The van der Waals surface area contributed by atoms with Crippen LogP contribution >= 0.6 is 7.26 Å². The van der Waals surface area contributed by atoms with E-state index in [4.69, 9.17) is 4.74 Å². The molecule has 0 aliphatic carbocycles. The molecule has 0 unspecified atom stereocenters. The number of aryl methyl sites for hydroxylation is 1. The van der Waals surface area contributed by atoms with Crippen LogP contribution in [0.3, 0.4) is 0 Å². The Kier molecular flexibility index (Phi) is 8.10. The van der Waals surface area contributed by atoms with E-state index in [1.165, 1.54) is 21.5 Å². The van der Waals surface area contributed by atoms with Gasteiger partial charge in [0, 0.05) is 5.56 Å². The zero-order valence-corrected chi connectivity index (χ0v) is 22.8. The molecule has 2 heteroatoms. The quantitative estimate of drug-likeness (QED) is 0.211. The van der Waals surface area contributed by atoms with Crippen LogP contribution in [0.25, 0.3) is 0 Å². The summed E-state index contributed by atoms with van der Waals surface area (Å²) in [6.07, 6.45) is 3.26. The Labute approximate surface area is 217 Å². The van der Waals surface area contributed by atoms with Gasteiger partial charge in [-0.25, -0.2) is 0 Å². The Morgan fingerprint density at radius 3 is 1.67 bits per heavy atom. The summed E-state index contributed by atoms with van der Waals surface area (Å²) in [5, 5.41) is 4.16. The number of allylic oxidation sites excluding steroid dienone is 2. The zero-order chi connectivity index (χ0) is 25.5. The molecule has 0 aliphatic heterocycles. The molecule has 0 amide bonds. The van der Waals surface area contributed by atoms with E-state index in [-0.39, 0.29) is 0 Å². The largest absolute Gasteiger partial charge is 0.496 e. The Balaban J connectivity index is 1.80. The molecule has 0 radical (unpaired) electrons. The van der Waals surface area contributed by atoms with Gasteiger partial charge in [-0.2, -0.15) is 0 Å². The number of hydrogen-bond donors (Lipinski definition) is 0. The molecule has 36 heavy (non-hydrogen) atoms. The van der Waals surface area contributed by atoms with Gasteiger partial charge in [-0.1, -0.05) is 66.4 Å². The molecule has 0 aromatic heterocycles. The number of methoxy groups -OCH3 is 1. The minimum atomic E-state index is -1.90. The molecule has 0 saturated heterocycles. The van der Waals surface area contributed by atoms with Crippen molar-refractivity contribution in [1.82, 2.24) is 0 Å². The SMILES string of the molecule is COc1cc(C)c(C#CC(C)=CC[P+](c2ccccc2)(c2ccccc2)c2ccccc2)c(C)c1C. The molecular weight excluding hydrogens is 455 g/mol. The summed E-state index contributed by atoms with van der Waals surface area (Å²) < 4.78 is 5.53. The standard InChI is InChI=1S/C34H34OP/c1-26(21-22-33-27(2)25-34(35-5)29(4)28(33)3)23-24-36(30-15-9-6-10-16-30,31-17-11-7-12-18-31)32-19-13-8-14-20-32/h6-20,23,25H,24H2,1-5H3/q+1. The lowest BCUT2D eigenvalue weighted by atomic mass is 9.97. The molecule has 4 aromatic carbocycles. The summed E-state index contributed by atoms with van der Waals surface area (Å²) in [6, 6.07) is 35.0. The lowest BCUT2D eigenvalue weighted by molar-refractivity contribution is 0.411. The highest BCUT2D eigenvalue weighted by molar-refractivity contribution is 7.95. The summed E-state index contributed by atoms with van der Waals surface area (Å²) in [5.74, 6) is 7.85. The van der Waals surface area contributed by atoms with Crippen LogP contribution < -0.4 is 20.7 Å². The highest BCUT2D eigenvalue weighted by Gasteiger charge is 2.44. The Morgan fingerprint density at radius 1 is 0.750 bits per heavy atom. The van der Waals surface area contributed by atoms with Crippen molar-refractivity contribution in [2.24, 2.45) is 0 Å². The smallest absolute Gasteiger partial charge is 0.122 e. The third-order valence-electron chi connectivity index (χ3n) is 6.92. The van der Waals surface area contributed by atoms with Gasteiger partial charge in [0.05, 0.1) is 13.3 Å². The minimum Gasteiger partial charge on any atom is -0.496 e. The maximum absolute atomic E-state index is 5.53. The van der Waals surface area contributed by atoms with E-state index in [0.717, 1.165) is 34.2 Å². The second-order valence-electron chi connectivity index (χ2n) is 9.16. The van der Waals surface area contributed by atoms with Crippen molar-refractivity contribution < 1.29 is 4.74 Å². The van der Waals surface area contributed by atoms with Crippen LogP contribution in [-0.2, 0) is 0 Å². The van der Waals surface area contributed by atoms with Crippen molar-refractivity contribution in [2.45, 2.75) is 27.7 Å². The van der Waals surface area contributed by atoms with Gasteiger partial charge >= 0.3 is 0 Å². The van der Waals surface area contributed by atoms with Crippen molar-refractivity contribution in [3.8, 4) is 17.6 Å². The van der Waals surface area contributed by atoms with E-state index in [9.17, 15) is 0 Å². The zero-order valence-electron chi connectivity index (χ0n) is 21.9. The van der Waals surface area contributed by atoms with Crippen molar-refractivity contribution in [2.75, 3.05) is 13.3 Å². The topological polar surface area (TPSA) is 9.23 Å². The van der Waals surface area contributed by atoms with Crippen LogP contribution in [0.5, 0.6) is 5.75 Å².